The summed E-state index contributed by atoms with van der Waals surface area (Å²) in [5.74, 6) is -0.685. The van der Waals surface area contributed by atoms with E-state index in [2.05, 4.69) is 5.32 Å². The van der Waals surface area contributed by atoms with Crippen molar-refractivity contribution >= 4 is 11.8 Å². The van der Waals surface area contributed by atoms with Crippen LogP contribution < -0.4 is 5.32 Å². The zero-order valence-electron chi connectivity index (χ0n) is 16.2. The van der Waals surface area contributed by atoms with Crippen LogP contribution in [0.1, 0.15) is 36.7 Å². The van der Waals surface area contributed by atoms with E-state index >= 15 is 0 Å². The molecule has 0 aliphatic carbocycles. The first-order valence-electron chi connectivity index (χ1n) is 8.71. The topological polar surface area (TPSA) is 49.4 Å². The summed E-state index contributed by atoms with van der Waals surface area (Å²) in [5.41, 5.74) is 0.136. The number of alkyl halides is 3. The molecule has 0 spiro atoms. The van der Waals surface area contributed by atoms with E-state index in [1.54, 1.807) is 24.3 Å². The third kappa shape index (κ3) is 5.58. The van der Waals surface area contributed by atoms with Gasteiger partial charge >= 0.3 is 6.18 Å². The molecule has 7 heteroatoms. The number of benzene rings is 2. The highest BCUT2D eigenvalue weighted by molar-refractivity contribution is 6.02. The minimum atomic E-state index is -4.42. The van der Waals surface area contributed by atoms with Gasteiger partial charge in [-0.1, -0.05) is 30.3 Å². The molecule has 0 saturated heterocycles. The first-order valence-corrected chi connectivity index (χ1v) is 8.71. The third-order valence-electron chi connectivity index (χ3n) is 3.92. The van der Waals surface area contributed by atoms with Gasteiger partial charge < -0.3 is 10.2 Å². The molecule has 0 aliphatic heterocycles. The fraction of sp³-hybridized carbons (Fsp3) is 0.333. The smallest absolute Gasteiger partial charge is 0.350 e. The Kier molecular flexibility index (Phi) is 6.17. The van der Waals surface area contributed by atoms with E-state index in [1.165, 1.54) is 24.1 Å². The van der Waals surface area contributed by atoms with E-state index in [-0.39, 0.29) is 18.4 Å². The number of halogens is 3. The number of hydrogen-bond acceptors (Lipinski definition) is 2. The summed E-state index contributed by atoms with van der Waals surface area (Å²) in [6, 6.07) is 11.3. The molecule has 0 radical (unpaired) electrons. The van der Waals surface area contributed by atoms with Gasteiger partial charge in [0.05, 0.1) is 12.1 Å². The Labute approximate surface area is 162 Å². The van der Waals surface area contributed by atoms with E-state index in [9.17, 15) is 22.8 Å². The summed E-state index contributed by atoms with van der Waals surface area (Å²) in [4.78, 5) is 26.2. The number of likely N-dealkylation sites (N-methyl/N-ethyl adjacent to an activating group) is 1. The van der Waals surface area contributed by atoms with Crippen LogP contribution in [-0.4, -0.2) is 35.8 Å². The summed E-state index contributed by atoms with van der Waals surface area (Å²) in [7, 11) is 1.51. The van der Waals surface area contributed by atoms with Gasteiger partial charge in [-0.25, -0.2) is 0 Å². The highest BCUT2D eigenvalue weighted by atomic mass is 19.4. The minimum absolute atomic E-state index is 0.128. The zero-order valence-corrected chi connectivity index (χ0v) is 16.2. The molecule has 0 unspecified atom stereocenters. The van der Waals surface area contributed by atoms with Crippen molar-refractivity contribution in [2.75, 3.05) is 13.6 Å². The van der Waals surface area contributed by atoms with Crippen molar-refractivity contribution in [2.24, 2.45) is 0 Å². The lowest BCUT2D eigenvalue weighted by molar-refractivity contribution is -0.137. The molecule has 150 valence electrons. The summed E-state index contributed by atoms with van der Waals surface area (Å²) < 4.78 is 38.3. The van der Waals surface area contributed by atoms with Crippen LogP contribution in [0.15, 0.2) is 48.5 Å². The second kappa shape index (κ2) is 8.04. The summed E-state index contributed by atoms with van der Waals surface area (Å²) in [5, 5.41) is 2.78. The molecule has 0 aromatic heterocycles. The highest BCUT2D eigenvalue weighted by Crippen LogP contribution is 2.32. The van der Waals surface area contributed by atoms with Crippen molar-refractivity contribution in [3.63, 3.8) is 0 Å². The first kappa shape index (κ1) is 21.5. The first-order chi connectivity index (χ1) is 12.9. The van der Waals surface area contributed by atoms with Gasteiger partial charge in [0.25, 0.3) is 5.91 Å². The van der Waals surface area contributed by atoms with E-state index in [1.807, 2.05) is 20.8 Å². The van der Waals surface area contributed by atoms with Crippen LogP contribution in [0.3, 0.4) is 0 Å². The maximum atomic E-state index is 12.8. The van der Waals surface area contributed by atoms with Gasteiger partial charge in [-0.2, -0.15) is 13.2 Å². The second-order valence-corrected chi connectivity index (χ2v) is 7.58. The third-order valence-corrected chi connectivity index (χ3v) is 3.92. The maximum absolute atomic E-state index is 12.8. The lowest BCUT2D eigenvalue weighted by Crippen LogP contribution is -2.46. The van der Waals surface area contributed by atoms with Crippen LogP contribution in [0.5, 0.6) is 0 Å². The summed E-state index contributed by atoms with van der Waals surface area (Å²) in [6.45, 7) is 5.39. The molecule has 2 amide bonds. The van der Waals surface area contributed by atoms with Gasteiger partial charge in [-0.3, -0.25) is 9.59 Å². The van der Waals surface area contributed by atoms with Crippen molar-refractivity contribution in [1.82, 2.24) is 10.2 Å². The molecular weight excluding hydrogens is 369 g/mol. The van der Waals surface area contributed by atoms with Crippen LogP contribution in [0.4, 0.5) is 13.2 Å². The van der Waals surface area contributed by atoms with Crippen LogP contribution in [0.25, 0.3) is 11.1 Å². The predicted molar refractivity (Wildman–Crippen MR) is 102 cm³/mol. The number of carbonyl (C=O) groups excluding carboxylic acids is 2. The number of hydrogen-bond donors (Lipinski definition) is 1. The van der Waals surface area contributed by atoms with E-state index in [4.69, 9.17) is 0 Å². The SMILES string of the molecule is CN(CC(=O)NC(C)(C)C)C(=O)c1ccccc1-c1ccc(C(F)(F)F)cc1. The molecule has 0 heterocycles. The minimum Gasteiger partial charge on any atom is -0.350 e. The Hall–Kier alpha value is -2.83. The molecule has 4 nitrogen and oxygen atoms in total. The van der Waals surface area contributed by atoms with Crippen molar-refractivity contribution in [1.29, 1.82) is 0 Å². The van der Waals surface area contributed by atoms with Crippen molar-refractivity contribution in [2.45, 2.75) is 32.5 Å². The Bertz CT molecular complexity index is 853. The Morgan fingerprint density at radius 2 is 1.54 bits per heavy atom. The van der Waals surface area contributed by atoms with E-state index in [0.29, 0.717) is 16.7 Å². The number of nitrogens with zero attached hydrogens (tertiary/aromatic N) is 1. The molecule has 0 bridgehead atoms. The van der Waals surface area contributed by atoms with Gasteiger partial charge in [0.1, 0.15) is 0 Å². The normalized spacial score (nSPS) is 11.8. The fourth-order valence-electron chi connectivity index (χ4n) is 2.71. The Morgan fingerprint density at radius 3 is 2.07 bits per heavy atom. The van der Waals surface area contributed by atoms with Gasteiger partial charge in [0, 0.05) is 18.2 Å². The predicted octanol–water partition coefficient (Wildman–Crippen LogP) is 4.36. The number of rotatable bonds is 4. The molecule has 0 atom stereocenters. The van der Waals surface area contributed by atoms with Crippen LogP contribution in [0.2, 0.25) is 0 Å². The molecule has 1 N–H and O–H groups in total. The number of nitrogens with one attached hydrogen (secondary N) is 1. The Morgan fingerprint density at radius 1 is 0.964 bits per heavy atom. The number of carbonyl (C=O) groups is 2. The molecular formula is C21H23F3N2O2. The van der Waals surface area contributed by atoms with Gasteiger partial charge in [-0.15, -0.1) is 0 Å². The highest BCUT2D eigenvalue weighted by Gasteiger charge is 2.30. The summed E-state index contributed by atoms with van der Waals surface area (Å²) >= 11 is 0. The molecule has 0 saturated carbocycles. The van der Waals surface area contributed by atoms with Crippen LogP contribution in [0, 0.1) is 0 Å². The molecule has 2 aromatic rings. The maximum Gasteiger partial charge on any atom is 0.416 e. The number of amides is 2. The molecule has 0 fully saturated rings. The quantitative estimate of drug-likeness (QED) is 0.841. The Balaban J connectivity index is 2.26. The second-order valence-electron chi connectivity index (χ2n) is 7.58. The molecule has 0 aliphatic rings. The molecule has 2 aromatic carbocycles. The van der Waals surface area contributed by atoms with Crippen molar-refractivity contribution in [3.05, 3.63) is 59.7 Å². The largest absolute Gasteiger partial charge is 0.416 e. The average Bonchev–Trinajstić information content (AvgIpc) is 2.58. The monoisotopic (exact) mass is 392 g/mol. The van der Waals surface area contributed by atoms with Crippen molar-refractivity contribution in [3.8, 4) is 11.1 Å². The van der Waals surface area contributed by atoms with E-state index in [0.717, 1.165) is 12.1 Å². The zero-order chi connectivity index (χ0) is 21.1. The van der Waals surface area contributed by atoms with Gasteiger partial charge in [0.2, 0.25) is 5.91 Å². The van der Waals surface area contributed by atoms with Crippen molar-refractivity contribution < 1.29 is 22.8 Å². The average molecular weight is 392 g/mol. The lowest BCUT2D eigenvalue weighted by Gasteiger charge is -2.24. The van der Waals surface area contributed by atoms with Crippen LogP contribution >= 0.6 is 0 Å². The fourth-order valence-corrected chi connectivity index (χ4v) is 2.71. The summed E-state index contributed by atoms with van der Waals surface area (Å²) in [6.07, 6.45) is -4.42. The molecule has 2 rings (SSSR count). The van der Waals surface area contributed by atoms with Crippen LogP contribution in [-0.2, 0) is 11.0 Å². The lowest BCUT2D eigenvalue weighted by atomic mass is 9.98. The van der Waals surface area contributed by atoms with Gasteiger partial charge in [0.15, 0.2) is 0 Å². The van der Waals surface area contributed by atoms with Gasteiger partial charge in [-0.05, 0) is 50.1 Å². The van der Waals surface area contributed by atoms with E-state index < -0.39 is 17.3 Å². The standard InChI is InChI=1S/C21H23F3N2O2/c1-20(2,3)25-18(27)13-26(4)19(28)17-8-6-5-7-16(17)14-9-11-15(12-10-14)21(22,23)24/h5-12H,13H2,1-4H3,(H,25,27). The molecule has 28 heavy (non-hydrogen) atoms.